The highest BCUT2D eigenvalue weighted by atomic mass is 16.3. The average molecular weight is 413 g/mol. The van der Waals surface area contributed by atoms with Crippen LogP contribution in [-0.4, -0.2) is 11.2 Å². The summed E-state index contributed by atoms with van der Waals surface area (Å²) in [5, 5.41) is 10.5. The highest BCUT2D eigenvalue weighted by molar-refractivity contribution is 5.39. The van der Waals surface area contributed by atoms with E-state index in [9.17, 15) is 5.11 Å². The highest BCUT2D eigenvalue weighted by Crippen LogP contribution is 2.66. The second-order valence-corrected chi connectivity index (χ2v) is 12.7. The van der Waals surface area contributed by atoms with E-state index in [1.165, 1.54) is 44.9 Å². The van der Waals surface area contributed by atoms with E-state index in [4.69, 9.17) is 0 Å². The van der Waals surface area contributed by atoms with Gasteiger partial charge in [-0.25, -0.2) is 0 Å². The molecule has 170 valence electrons. The van der Waals surface area contributed by atoms with Gasteiger partial charge in [-0.05, 0) is 84.9 Å². The van der Waals surface area contributed by atoms with E-state index >= 15 is 0 Å². The van der Waals surface area contributed by atoms with Crippen LogP contribution in [0.1, 0.15) is 99.8 Å². The molecule has 4 aliphatic carbocycles. The van der Waals surface area contributed by atoms with Crippen molar-refractivity contribution in [3.05, 3.63) is 23.3 Å². The molecule has 1 N–H and O–H groups in total. The second-order valence-electron chi connectivity index (χ2n) is 12.7. The summed E-state index contributed by atoms with van der Waals surface area (Å²) in [6.07, 6.45) is 15.4. The van der Waals surface area contributed by atoms with E-state index in [0.717, 1.165) is 41.9 Å². The van der Waals surface area contributed by atoms with Crippen LogP contribution in [0, 0.1) is 52.3 Å². The van der Waals surface area contributed by atoms with Gasteiger partial charge in [0.1, 0.15) is 0 Å². The number of rotatable bonds is 5. The molecule has 3 saturated carbocycles. The molecule has 0 amide bonds. The lowest BCUT2D eigenvalue weighted by Gasteiger charge is -2.56. The molecule has 0 bridgehead atoms. The minimum absolute atomic E-state index is 0.141. The number of allylic oxidation sites excluding steroid dienone is 3. The zero-order valence-electron chi connectivity index (χ0n) is 20.9. The zero-order chi connectivity index (χ0) is 21.8. The van der Waals surface area contributed by atoms with E-state index in [1.807, 2.05) is 0 Å². The maximum atomic E-state index is 10.5. The number of aliphatic hydroxyl groups is 1. The molecule has 30 heavy (non-hydrogen) atoms. The molecular weight excluding hydrogens is 364 g/mol. The Kier molecular flexibility index (Phi) is 6.10. The summed E-state index contributed by atoms with van der Waals surface area (Å²) < 4.78 is 0. The SMILES string of the molecule is CC(C)C(C)CCC(C)C1CCC2C3=CC=C4C(C)C(O)CCC4(C)C3CCC21C. The van der Waals surface area contributed by atoms with Crippen molar-refractivity contribution in [1.82, 2.24) is 0 Å². The van der Waals surface area contributed by atoms with E-state index in [-0.39, 0.29) is 6.10 Å². The van der Waals surface area contributed by atoms with Gasteiger partial charge in [0.2, 0.25) is 0 Å². The molecule has 0 saturated heterocycles. The monoisotopic (exact) mass is 412 g/mol. The molecule has 4 aliphatic rings. The number of hydrogen-bond acceptors (Lipinski definition) is 1. The minimum atomic E-state index is -0.141. The lowest BCUT2D eigenvalue weighted by atomic mass is 9.49. The molecular formula is C29H48O. The van der Waals surface area contributed by atoms with Crippen molar-refractivity contribution < 1.29 is 5.11 Å². The van der Waals surface area contributed by atoms with Gasteiger partial charge in [0.05, 0.1) is 6.10 Å². The topological polar surface area (TPSA) is 20.2 Å². The predicted octanol–water partition coefficient (Wildman–Crippen LogP) is 7.80. The van der Waals surface area contributed by atoms with Gasteiger partial charge in [0, 0.05) is 5.92 Å². The molecule has 9 unspecified atom stereocenters. The summed E-state index contributed by atoms with van der Waals surface area (Å²) in [6, 6.07) is 0. The lowest BCUT2D eigenvalue weighted by Crippen LogP contribution is -2.48. The number of hydrogen-bond donors (Lipinski definition) is 1. The molecule has 0 aromatic heterocycles. The van der Waals surface area contributed by atoms with E-state index in [1.54, 1.807) is 11.1 Å². The van der Waals surface area contributed by atoms with Crippen LogP contribution >= 0.6 is 0 Å². The first-order valence-electron chi connectivity index (χ1n) is 13.2. The van der Waals surface area contributed by atoms with Crippen molar-refractivity contribution in [3.63, 3.8) is 0 Å². The highest BCUT2D eigenvalue weighted by Gasteiger charge is 2.57. The standard InChI is InChI=1S/C29H48O/c1-18(2)19(3)8-9-20(4)23-12-13-25-22-10-11-24-21(5)27(30)15-17-29(24,7)26(22)14-16-28(23,25)6/h10-11,18-21,23,25-27,30H,8-9,12-17H2,1-7H3. The Morgan fingerprint density at radius 3 is 2.37 bits per heavy atom. The number of fused-ring (bicyclic) bond motifs is 5. The van der Waals surface area contributed by atoms with Gasteiger partial charge in [-0.3, -0.25) is 0 Å². The van der Waals surface area contributed by atoms with Gasteiger partial charge < -0.3 is 5.11 Å². The summed E-state index contributed by atoms with van der Waals surface area (Å²) in [5.41, 5.74) is 4.14. The van der Waals surface area contributed by atoms with Crippen LogP contribution in [0.4, 0.5) is 0 Å². The first-order valence-corrected chi connectivity index (χ1v) is 13.2. The van der Waals surface area contributed by atoms with Gasteiger partial charge in [0.15, 0.2) is 0 Å². The second kappa shape index (κ2) is 8.09. The fourth-order valence-corrected chi connectivity index (χ4v) is 8.42. The third-order valence-electron chi connectivity index (χ3n) is 11.0. The molecule has 0 aromatic carbocycles. The maximum absolute atomic E-state index is 10.5. The number of aliphatic hydroxyl groups excluding tert-OH is 1. The Morgan fingerprint density at radius 1 is 0.933 bits per heavy atom. The van der Waals surface area contributed by atoms with Crippen LogP contribution in [0.3, 0.4) is 0 Å². The first-order chi connectivity index (χ1) is 14.1. The summed E-state index contributed by atoms with van der Waals surface area (Å²) in [7, 11) is 0. The van der Waals surface area contributed by atoms with Crippen molar-refractivity contribution in [2.45, 2.75) is 106 Å². The quantitative estimate of drug-likeness (QED) is 0.488. The van der Waals surface area contributed by atoms with Crippen molar-refractivity contribution >= 4 is 0 Å². The summed E-state index contributed by atoms with van der Waals surface area (Å²) in [5.74, 6) is 5.26. The van der Waals surface area contributed by atoms with Crippen LogP contribution in [0.5, 0.6) is 0 Å². The van der Waals surface area contributed by atoms with Crippen molar-refractivity contribution in [2.75, 3.05) is 0 Å². The molecule has 0 aliphatic heterocycles. The van der Waals surface area contributed by atoms with Gasteiger partial charge in [-0.15, -0.1) is 0 Å². The smallest absolute Gasteiger partial charge is 0.0603 e. The molecule has 0 spiro atoms. The summed E-state index contributed by atoms with van der Waals surface area (Å²) >= 11 is 0. The summed E-state index contributed by atoms with van der Waals surface area (Å²) in [6.45, 7) is 17.2. The molecule has 4 rings (SSSR count). The van der Waals surface area contributed by atoms with Crippen molar-refractivity contribution in [2.24, 2.45) is 52.3 Å². The zero-order valence-corrected chi connectivity index (χ0v) is 20.9. The van der Waals surface area contributed by atoms with Gasteiger partial charge >= 0.3 is 0 Å². The fourth-order valence-electron chi connectivity index (χ4n) is 8.42. The van der Waals surface area contributed by atoms with Crippen LogP contribution in [0.15, 0.2) is 23.3 Å². The maximum Gasteiger partial charge on any atom is 0.0603 e. The van der Waals surface area contributed by atoms with Crippen LogP contribution in [0.25, 0.3) is 0 Å². The molecule has 9 atom stereocenters. The molecule has 1 heteroatoms. The Balaban J connectivity index is 1.55. The van der Waals surface area contributed by atoms with Crippen molar-refractivity contribution in [3.8, 4) is 0 Å². The molecule has 1 nitrogen and oxygen atoms in total. The Morgan fingerprint density at radius 2 is 1.67 bits per heavy atom. The third kappa shape index (κ3) is 3.46. The lowest BCUT2D eigenvalue weighted by molar-refractivity contribution is 0.0156. The van der Waals surface area contributed by atoms with E-state index in [0.29, 0.717) is 16.7 Å². The third-order valence-corrected chi connectivity index (χ3v) is 11.0. The first kappa shape index (κ1) is 22.6. The fraction of sp³-hybridized carbons (Fsp3) is 0.862. The Labute approximate surface area is 186 Å². The molecule has 3 fully saturated rings. The predicted molar refractivity (Wildman–Crippen MR) is 128 cm³/mol. The molecule has 0 aromatic rings. The van der Waals surface area contributed by atoms with Crippen LogP contribution in [-0.2, 0) is 0 Å². The van der Waals surface area contributed by atoms with Gasteiger partial charge in [-0.1, -0.05) is 84.6 Å². The van der Waals surface area contributed by atoms with Crippen LogP contribution < -0.4 is 0 Å². The largest absolute Gasteiger partial charge is 0.393 e. The van der Waals surface area contributed by atoms with Crippen molar-refractivity contribution in [1.29, 1.82) is 0 Å². The summed E-state index contributed by atoms with van der Waals surface area (Å²) in [4.78, 5) is 0. The molecule has 0 radical (unpaired) electrons. The normalized spacial score (nSPS) is 45.2. The minimum Gasteiger partial charge on any atom is -0.393 e. The van der Waals surface area contributed by atoms with Gasteiger partial charge in [-0.2, -0.15) is 0 Å². The van der Waals surface area contributed by atoms with E-state index in [2.05, 4.69) is 60.6 Å². The average Bonchev–Trinajstić information content (AvgIpc) is 3.06. The Bertz CT molecular complexity index is 701. The van der Waals surface area contributed by atoms with Gasteiger partial charge in [0.25, 0.3) is 0 Å². The Hall–Kier alpha value is -0.560. The van der Waals surface area contributed by atoms with Crippen LogP contribution in [0.2, 0.25) is 0 Å². The van der Waals surface area contributed by atoms with E-state index < -0.39 is 0 Å². The molecule has 0 heterocycles.